The lowest BCUT2D eigenvalue weighted by Gasteiger charge is -2.31. The molecular weight excluding hydrogens is 407 g/mol. The molecule has 10 heteroatoms. The van der Waals surface area contributed by atoms with Crippen molar-refractivity contribution >= 4 is 12.0 Å². The summed E-state index contributed by atoms with van der Waals surface area (Å²) in [4.78, 5) is 50.7. The molecule has 0 radical (unpaired) electrons. The first kappa shape index (κ1) is 22.3. The molecule has 0 saturated carbocycles. The van der Waals surface area contributed by atoms with Crippen LogP contribution in [0.25, 0.3) is 5.69 Å². The van der Waals surface area contributed by atoms with Gasteiger partial charge in [0.1, 0.15) is 12.4 Å². The summed E-state index contributed by atoms with van der Waals surface area (Å²) in [5.74, 6) is -0.930. The van der Waals surface area contributed by atoms with Crippen LogP contribution in [0.3, 0.4) is 0 Å². The minimum atomic E-state index is -0.876. The summed E-state index contributed by atoms with van der Waals surface area (Å²) in [6.07, 6.45) is 3.45. The standard InChI is InChI=1S/C21H25FN4O5/c1-3-31-21(30)24-8-6-16(7-9-24)23-18(27)13-25-10-11-26(20(29)19(25)28)17-12-15(22)5-4-14(17)2/h4-5,10-12,16H,3,6-9,13H2,1-2H3,(H,23,27). The highest BCUT2D eigenvalue weighted by molar-refractivity contribution is 5.76. The molecule has 2 heterocycles. The third-order valence-corrected chi connectivity index (χ3v) is 5.19. The molecule has 3 rings (SSSR count). The summed E-state index contributed by atoms with van der Waals surface area (Å²) in [7, 11) is 0. The molecule has 9 nitrogen and oxygen atoms in total. The van der Waals surface area contributed by atoms with Gasteiger partial charge >= 0.3 is 17.2 Å². The molecule has 1 N–H and O–H groups in total. The maximum atomic E-state index is 13.6. The van der Waals surface area contributed by atoms with E-state index in [2.05, 4.69) is 5.32 Å². The Labute approximate surface area is 178 Å². The van der Waals surface area contributed by atoms with Gasteiger partial charge in [0.2, 0.25) is 5.91 Å². The van der Waals surface area contributed by atoms with Crippen LogP contribution in [-0.2, 0) is 16.1 Å². The van der Waals surface area contributed by atoms with Crippen molar-refractivity contribution in [1.82, 2.24) is 19.4 Å². The molecular formula is C21H25FN4O5. The number of halogens is 1. The van der Waals surface area contributed by atoms with Crippen molar-refractivity contribution in [3.63, 3.8) is 0 Å². The Bertz CT molecular complexity index is 1090. The first-order valence-corrected chi connectivity index (χ1v) is 10.1. The lowest BCUT2D eigenvalue weighted by atomic mass is 10.1. The van der Waals surface area contributed by atoms with Crippen LogP contribution >= 0.6 is 0 Å². The maximum Gasteiger partial charge on any atom is 0.409 e. The summed E-state index contributed by atoms with van der Waals surface area (Å²) in [6, 6.07) is 3.83. The normalized spacial score (nSPS) is 14.4. The highest BCUT2D eigenvalue weighted by Crippen LogP contribution is 2.13. The number of carbonyl (C=O) groups excluding carboxylic acids is 2. The van der Waals surface area contributed by atoms with E-state index in [0.29, 0.717) is 38.1 Å². The van der Waals surface area contributed by atoms with Crippen molar-refractivity contribution in [3.05, 3.63) is 62.7 Å². The van der Waals surface area contributed by atoms with E-state index >= 15 is 0 Å². The van der Waals surface area contributed by atoms with E-state index < -0.39 is 22.8 Å². The summed E-state index contributed by atoms with van der Waals surface area (Å²) in [5, 5.41) is 2.83. The number of nitrogens with zero attached hydrogens (tertiary/aromatic N) is 3. The quantitative estimate of drug-likeness (QED) is 0.715. The number of aryl methyl sites for hydroxylation is 1. The fraction of sp³-hybridized carbons (Fsp3) is 0.429. The number of hydrogen-bond donors (Lipinski definition) is 1. The van der Waals surface area contributed by atoms with Gasteiger partial charge in [0.05, 0.1) is 12.3 Å². The van der Waals surface area contributed by atoms with Crippen molar-refractivity contribution in [2.45, 2.75) is 39.3 Å². The van der Waals surface area contributed by atoms with Gasteiger partial charge in [-0.15, -0.1) is 0 Å². The van der Waals surface area contributed by atoms with Gasteiger partial charge < -0.3 is 15.0 Å². The minimum Gasteiger partial charge on any atom is -0.450 e. The van der Waals surface area contributed by atoms with Gasteiger partial charge in [0.15, 0.2) is 0 Å². The summed E-state index contributed by atoms with van der Waals surface area (Å²) in [6.45, 7) is 4.37. The van der Waals surface area contributed by atoms with Gasteiger partial charge in [-0.05, 0) is 44.4 Å². The minimum absolute atomic E-state index is 0.135. The van der Waals surface area contributed by atoms with Gasteiger partial charge in [-0.25, -0.2) is 9.18 Å². The van der Waals surface area contributed by atoms with Crippen LogP contribution < -0.4 is 16.4 Å². The topological polar surface area (TPSA) is 103 Å². The first-order chi connectivity index (χ1) is 14.8. The third-order valence-electron chi connectivity index (χ3n) is 5.19. The van der Waals surface area contributed by atoms with E-state index in [9.17, 15) is 23.6 Å². The molecule has 31 heavy (non-hydrogen) atoms. The van der Waals surface area contributed by atoms with Gasteiger partial charge in [-0.2, -0.15) is 0 Å². The number of ether oxygens (including phenoxy) is 1. The second-order valence-corrected chi connectivity index (χ2v) is 7.36. The lowest BCUT2D eigenvalue weighted by Crippen LogP contribution is -2.48. The molecule has 0 aliphatic carbocycles. The smallest absolute Gasteiger partial charge is 0.409 e. The molecule has 1 aromatic carbocycles. The van der Waals surface area contributed by atoms with Crippen molar-refractivity contribution < 1.29 is 18.7 Å². The van der Waals surface area contributed by atoms with E-state index in [1.165, 1.54) is 30.6 Å². The third kappa shape index (κ3) is 5.19. The molecule has 0 spiro atoms. The molecule has 1 aromatic heterocycles. The Hall–Kier alpha value is -3.43. The van der Waals surface area contributed by atoms with Gasteiger partial charge in [0, 0.05) is 31.5 Å². The van der Waals surface area contributed by atoms with Gasteiger partial charge in [-0.1, -0.05) is 6.07 Å². The maximum absolute atomic E-state index is 13.6. The zero-order valence-corrected chi connectivity index (χ0v) is 17.5. The molecule has 2 aromatic rings. The molecule has 1 aliphatic heterocycles. The van der Waals surface area contributed by atoms with Crippen LogP contribution in [0.1, 0.15) is 25.3 Å². The predicted octanol–water partition coefficient (Wildman–Crippen LogP) is 1.18. The number of likely N-dealkylation sites (tertiary alicyclic amines) is 1. The van der Waals surface area contributed by atoms with E-state index in [-0.39, 0.29) is 24.4 Å². The number of carbonyl (C=O) groups is 2. The average Bonchev–Trinajstić information content (AvgIpc) is 2.74. The van der Waals surface area contributed by atoms with Crippen LogP contribution in [0.5, 0.6) is 0 Å². The van der Waals surface area contributed by atoms with Crippen LogP contribution in [0.2, 0.25) is 0 Å². The first-order valence-electron chi connectivity index (χ1n) is 10.1. The Balaban J connectivity index is 1.64. The Morgan fingerprint density at radius 1 is 1.16 bits per heavy atom. The molecule has 0 unspecified atom stereocenters. The number of nitrogens with one attached hydrogen (secondary N) is 1. The summed E-state index contributed by atoms with van der Waals surface area (Å²) in [5.41, 5.74) is -0.843. The Morgan fingerprint density at radius 3 is 2.55 bits per heavy atom. The van der Waals surface area contributed by atoms with Gasteiger partial charge in [0.25, 0.3) is 0 Å². The van der Waals surface area contributed by atoms with E-state index in [1.807, 2.05) is 0 Å². The van der Waals surface area contributed by atoms with Crippen molar-refractivity contribution in [1.29, 1.82) is 0 Å². The number of rotatable bonds is 5. The predicted molar refractivity (Wildman–Crippen MR) is 111 cm³/mol. The molecule has 0 atom stereocenters. The van der Waals surface area contributed by atoms with Crippen LogP contribution in [-0.4, -0.2) is 51.8 Å². The fourth-order valence-electron chi connectivity index (χ4n) is 3.51. The monoisotopic (exact) mass is 432 g/mol. The molecule has 1 aliphatic rings. The molecule has 1 saturated heterocycles. The molecule has 166 valence electrons. The van der Waals surface area contributed by atoms with Crippen molar-refractivity contribution in [2.75, 3.05) is 19.7 Å². The highest BCUT2D eigenvalue weighted by Gasteiger charge is 2.24. The van der Waals surface area contributed by atoms with Crippen molar-refractivity contribution in [3.8, 4) is 5.69 Å². The molecule has 1 fully saturated rings. The zero-order chi connectivity index (χ0) is 22.5. The van der Waals surface area contributed by atoms with E-state index in [4.69, 9.17) is 4.74 Å². The fourth-order valence-corrected chi connectivity index (χ4v) is 3.51. The van der Waals surface area contributed by atoms with Crippen LogP contribution in [0.4, 0.5) is 9.18 Å². The zero-order valence-electron chi connectivity index (χ0n) is 17.5. The average molecular weight is 432 g/mol. The number of benzene rings is 1. The second-order valence-electron chi connectivity index (χ2n) is 7.36. The highest BCUT2D eigenvalue weighted by atomic mass is 19.1. The number of amides is 2. The lowest BCUT2D eigenvalue weighted by molar-refractivity contribution is -0.122. The number of aromatic nitrogens is 2. The summed E-state index contributed by atoms with van der Waals surface area (Å²) >= 11 is 0. The van der Waals surface area contributed by atoms with E-state index in [1.54, 1.807) is 18.7 Å². The van der Waals surface area contributed by atoms with Gasteiger partial charge in [-0.3, -0.25) is 23.5 Å². The van der Waals surface area contributed by atoms with E-state index in [0.717, 1.165) is 9.13 Å². The Morgan fingerprint density at radius 2 is 1.87 bits per heavy atom. The largest absolute Gasteiger partial charge is 0.450 e. The number of hydrogen-bond acceptors (Lipinski definition) is 5. The SMILES string of the molecule is CCOC(=O)N1CCC(NC(=O)Cn2ccn(-c3cc(F)ccc3C)c(=O)c2=O)CC1. The Kier molecular flexibility index (Phi) is 6.88. The van der Waals surface area contributed by atoms with Crippen LogP contribution in [0.15, 0.2) is 40.2 Å². The second kappa shape index (κ2) is 9.59. The van der Waals surface area contributed by atoms with Crippen LogP contribution in [0, 0.1) is 12.7 Å². The number of piperidine rings is 1. The van der Waals surface area contributed by atoms with Crippen molar-refractivity contribution in [2.24, 2.45) is 0 Å². The summed E-state index contributed by atoms with van der Waals surface area (Å²) < 4.78 is 20.6. The molecule has 0 bridgehead atoms. The molecule has 2 amide bonds.